The Hall–Kier alpha value is -0.640. The molecule has 12 heavy (non-hydrogen) atoms. The molecule has 0 spiro atoms. The number of nitrogens with two attached hydrogens (primary N) is 1. The largest absolute Gasteiger partial charge is 0.395 e. The summed E-state index contributed by atoms with van der Waals surface area (Å²) in [6.45, 7) is -0.0365. The first-order valence-electron chi connectivity index (χ1n) is 3.70. The van der Waals surface area contributed by atoms with Crippen molar-refractivity contribution in [2.45, 2.75) is 12.5 Å². The van der Waals surface area contributed by atoms with Gasteiger partial charge < -0.3 is 10.8 Å². The molecule has 1 unspecified atom stereocenters. The van der Waals surface area contributed by atoms with Gasteiger partial charge in [0.2, 0.25) is 0 Å². The Labute approximate surface area is 76.2 Å². The van der Waals surface area contributed by atoms with Crippen LogP contribution in [0.15, 0.2) is 18.3 Å². The average molecular weight is 187 g/mol. The van der Waals surface area contributed by atoms with Gasteiger partial charge in [-0.3, -0.25) is 0 Å². The summed E-state index contributed by atoms with van der Waals surface area (Å²) in [5, 5.41) is 9.16. The van der Waals surface area contributed by atoms with E-state index in [1.807, 2.05) is 6.07 Å². The fraction of sp³-hybridized carbons (Fsp3) is 0.375. The first-order chi connectivity index (χ1) is 5.74. The molecular weight excluding hydrogens is 176 g/mol. The van der Waals surface area contributed by atoms with Crippen LogP contribution in [0.2, 0.25) is 5.15 Å². The van der Waals surface area contributed by atoms with Gasteiger partial charge in [0.15, 0.2) is 0 Å². The molecule has 0 amide bonds. The highest BCUT2D eigenvalue weighted by Gasteiger charge is 2.05. The number of pyridine rings is 1. The lowest BCUT2D eigenvalue weighted by Crippen LogP contribution is -2.26. The molecule has 0 aliphatic heterocycles. The first-order valence-corrected chi connectivity index (χ1v) is 4.07. The topological polar surface area (TPSA) is 59.1 Å². The molecule has 3 nitrogen and oxygen atoms in total. The van der Waals surface area contributed by atoms with Crippen molar-refractivity contribution in [1.82, 2.24) is 4.98 Å². The van der Waals surface area contributed by atoms with E-state index in [9.17, 15) is 0 Å². The van der Waals surface area contributed by atoms with Gasteiger partial charge in [0.1, 0.15) is 5.15 Å². The SMILES string of the molecule is NC(CO)Cc1cccnc1Cl. The van der Waals surface area contributed by atoms with Crippen LogP contribution in [0.4, 0.5) is 0 Å². The predicted molar refractivity (Wildman–Crippen MR) is 48.0 cm³/mol. The van der Waals surface area contributed by atoms with E-state index in [-0.39, 0.29) is 12.6 Å². The fourth-order valence-corrected chi connectivity index (χ4v) is 1.12. The van der Waals surface area contributed by atoms with Crippen LogP contribution in [0.5, 0.6) is 0 Å². The Morgan fingerprint density at radius 2 is 2.42 bits per heavy atom. The number of aliphatic hydroxyl groups excluding tert-OH is 1. The van der Waals surface area contributed by atoms with Crippen LogP contribution >= 0.6 is 11.6 Å². The van der Waals surface area contributed by atoms with Crippen molar-refractivity contribution < 1.29 is 5.11 Å². The van der Waals surface area contributed by atoms with Crippen molar-refractivity contribution in [3.8, 4) is 0 Å². The molecule has 0 aliphatic rings. The van der Waals surface area contributed by atoms with Crippen LogP contribution in [-0.4, -0.2) is 22.7 Å². The maximum Gasteiger partial charge on any atom is 0.132 e. The van der Waals surface area contributed by atoms with Gasteiger partial charge in [0.25, 0.3) is 0 Å². The Morgan fingerprint density at radius 3 is 3.00 bits per heavy atom. The van der Waals surface area contributed by atoms with Crippen LogP contribution in [-0.2, 0) is 6.42 Å². The first kappa shape index (κ1) is 9.45. The Bertz CT molecular complexity index is 255. The van der Waals surface area contributed by atoms with E-state index in [0.717, 1.165) is 5.56 Å². The van der Waals surface area contributed by atoms with Gasteiger partial charge in [-0.05, 0) is 18.1 Å². The molecule has 1 heterocycles. The Morgan fingerprint density at radius 1 is 1.67 bits per heavy atom. The summed E-state index contributed by atoms with van der Waals surface area (Å²) in [7, 11) is 0. The third-order valence-corrected chi connectivity index (χ3v) is 1.89. The monoisotopic (exact) mass is 186 g/mol. The maximum atomic E-state index is 8.70. The van der Waals surface area contributed by atoms with Gasteiger partial charge in [-0.2, -0.15) is 0 Å². The Balaban J connectivity index is 2.69. The number of hydrogen-bond donors (Lipinski definition) is 2. The van der Waals surface area contributed by atoms with E-state index in [1.54, 1.807) is 12.3 Å². The molecule has 1 atom stereocenters. The average Bonchev–Trinajstić information content (AvgIpc) is 2.09. The number of aromatic nitrogens is 1. The van der Waals surface area contributed by atoms with E-state index >= 15 is 0 Å². The molecule has 1 aromatic heterocycles. The van der Waals surface area contributed by atoms with Crippen LogP contribution in [0.1, 0.15) is 5.56 Å². The van der Waals surface area contributed by atoms with Crippen LogP contribution in [0.3, 0.4) is 0 Å². The number of nitrogens with zero attached hydrogens (tertiary/aromatic N) is 1. The molecule has 0 aromatic carbocycles. The molecule has 66 valence electrons. The van der Waals surface area contributed by atoms with E-state index in [1.165, 1.54) is 0 Å². The Kier molecular flexibility index (Phi) is 3.47. The highest BCUT2D eigenvalue weighted by molar-refractivity contribution is 6.30. The molecule has 1 aromatic rings. The molecule has 0 fully saturated rings. The lowest BCUT2D eigenvalue weighted by atomic mass is 10.1. The van der Waals surface area contributed by atoms with Crippen LogP contribution < -0.4 is 5.73 Å². The molecule has 3 N–H and O–H groups in total. The van der Waals surface area contributed by atoms with Crippen molar-refractivity contribution in [3.63, 3.8) is 0 Å². The summed E-state index contributed by atoms with van der Waals surface area (Å²) in [6, 6.07) is 3.39. The van der Waals surface area contributed by atoms with Gasteiger partial charge in [-0.1, -0.05) is 17.7 Å². The smallest absolute Gasteiger partial charge is 0.132 e. The second-order valence-corrected chi connectivity index (χ2v) is 2.96. The minimum atomic E-state index is -0.258. The molecule has 0 radical (unpaired) electrons. The minimum absolute atomic E-state index is 0.0365. The highest BCUT2D eigenvalue weighted by Crippen LogP contribution is 2.12. The summed E-state index contributed by atoms with van der Waals surface area (Å²) in [6.07, 6.45) is 2.18. The summed E-state index contributed by atoms with van der Waals surface area (Å²) in [4.78, 5) is 3.89. The molecule has 1 rings (SSSR count). The van der Waals surface area contributed by atoms with Gasteiger partial charge in [0, 0.05) is 12.2 Å². The van der Waals surface area contributed by atoms with Gasteiger partial charge in [-0.25, -0.2) is 4.98 Å². The number of rotatable bonds is 3. The lowest BCUT2D eigenvalue weighted by molar-refractivity contribution is 0.265. The van der Waals surface area contributed by atoms with Crippen molar-refractivity contribution in [1.29, 1.82) is 0 Å². The zero-order chi connectivity index (χ0) is 8.97. The van der Waals surface area contributed by atoms with Crippen LogP contribution in [0, 0.1) is 0 Å². The standard InChI is InChI=1S/C8H11ClN2O/c9-8-6(2-1-3-11-8)4-7(10)5-12/h1-3,7,12H,4-5,10H2. The number of aliphatic hydroxyl groups is 1. The van der Waals surface area contributed by atoms with Crippen molar-refractivity contribution in [2.75, 3.05) is 6.61 Å². The van der Waals surface area contributed by atoms with Crippen molar-refractivity contribution >= 4 is 11.6 Å². The quantitative estimate of drug-likeness (QED) is 0.680. The third-order valence-electron chi connectivity index (χ3n) is 1.55. The molecule has 0 saturated carbocycles. The zero-order valence-electron chi connectivity index (χ0n) is 6.57. The normalized spacial score (nSPS) is 12.9. The fourth-order valence-electron chi connectivity index (χ4n) is 0.919. The number of hydrogen-bond acceptors (Lipinski definition) is 3. The second-order valence-electron chi connectivity index (χ2n) is 2.60. The van der Waals surface area contributed by atoms with Gasteiger partial charge in [0.05, 0.1) is 6.61 Å². The van der Waals surface area contributed by atoms with Crippen molar-refractivity contribution in [2.24, 2.45) is 5.73 Å². The van der Waals surface area contributed by atoms with Crippen LogP contribution in [0.25, 0.3) is 0 Å². The highest BCUT2D eigenvalue weighted by atomic mass is 35.5. The predicted octanol–water partition coefficient (Wildman–Crippen LogP) is 0.597. The van der Waals surface area contributed by atoms with Gasteiger partial charge >= 0.3 is 0 Å². The molecule has 0 bridgehead atoms. The summed E-state index contributed by atoms with van der Waals surface area (Å²) in [5.74, 6) is 0. The summed E-state index contributed by atoms with van der Waals surface area (Å²) < 4.78 is 0. The van der Waals surface area contributed by atoms with Crippen molar-refractivity contribution in [3.05, 3.63) is 29.0 Å². The second kappa shape index (κ2) is 4.40. The molecule has 4 heteroatoms. The summed E-state index contributed by atoms with van der Waals surface area (Å²) in [5.41, 5.74) is 6.41. The molecule has 0 aliphatic carbocycles. The third kappa shape index (κ3) is 2.44. The molecular formula is C8H11ClN2O. The summed E-state index contributed by atoms with van der Waals surface area (Å²) >= 11 is 5.78. The minimum Gasteiger partial charge on any atom is -0.395 e. The van der Waals surface area contributed by atoms with Gasteiger partial charge in [-0.15, -0.1) is 0 Å². The zero-order valence-corrected chi connectivity index (χ0v) is 7.33. The van der Waals surface area contributed by atoms with E-state index < -0.39 is 0 Å². The van der Waals surface area contributed by atoms with E-state index in [4.69, 9.17) is 22.4 Å². The van der Waals surface area contributed by atoms with E-state index in [2.05, 4.69) is 4.98 Å². The lowest BCUT2D eigenvalue weighted by Gasteiger charge is -2.07. The van der Waals surface area contributed by atoms with E-state index in [0.29, 0.717) is 11.6 Å². The molecule has 0 saturated heterocycles. The number of halogens is 1. The maximum absolute atomic E-state index is 8.70.